The maximum absolute atomic E-state index is 2.71. The first-order valence-electron chi connectivity index (χ1n) is 18.4. The fourth-order valence-electron chi connectivity index (χ4n) is 8.64. The molecule has 0 saturated carbocycles. The van der Waals surface area contributed by atoms with Gasteiger partial charge in [0.15, 0.2) is 0 Å². The van der Waals surface area contributed by atoms with Gasteiger partial charge in [0.2, 0.25) is 0 Å². The minimum atomic E-state index is -2.51. The summed E-state index contributed by atoms with van der Waals surface area (Å²) in [7, 11) is 0. The molecule has 2 atom stereocenters. The van der Waals surface area contributed by atoms with Crippen LogP contribution in [0, 0.1) is 11.8 Å². The van der Waals surface area contributed by atoms with Crippen LogP contribution in [-0.2, 0) is 31.4 Å². The molecule has 2 unspecified atom stereocenters. The third-order valence-corrected chi connectivity index (χ3v) is 41.5. The van der Waals surface area contributed by atoms with E-state index in [4.69, 9.17) is 0 Å². The van der Waals surface area contributed by atoms with Crippen molar-refractivity contribution in [2.24, 2.45) is 11.8 Å². The summed E-state index contributed by atoms with van der Waals surface area (Å²) in [5.41, 5.74) is 18.5. The van der Waals surface area contributed by atoms with E-state index in [9.17, 15) is 0 Å². The predicted molar refractivity (Wildman–Crippen MR) is 211 cm³/mol. The van der Waals surface area contributed by atoms with Gasteiger partial charge in [0.1, 0.15) is 0 Å². The van der Waals surface area contributed by atoms with Crippen molar-refractivity contribution in [3.05, 3.63) is 129 Å². The van der Waals surface area contributed by atoms with Gasteiger partial charge in [-0.2, -0.15) is 0 Å². The van der Waals surface area contributed by atoms with Crippen LogP contribution >= 0.6 is 0 Å². The fraction of sp³-hybridized carbons (Fsp3) is 0.391. The van der Waals surface area contributed by atoms with E-state index >= 15 is 0 Å². The van der Waals surface area contributed by atoms with Crippen molar-refractivity contribution < 1.29 is 20.6 Å². The van der Waals surface area contributed by atoms with Gasteiger partial charge in [-0.3, -0.25) is 0 Å². The summed E-state index contributed by atoms with van der Waals surface area (Å²) in [4.78, 5) is 0. The number of allylic oxidation sites excluding steroid dienone is 2. The number of benzene rings is 4. The van der Waals surface area contributed by atoms with Crippen molar-refractivity contribution in [1.29, 1.82) is 0 Å². The van der Waals surface area contributed by atoms with Crippen LogP contribution in [0.1, 0.15) is 110 Å². The number of hydrogen-bond acceptors (Lipinski definition) is 0. The molecule has 4 aromatic rings. The van der Waals surface area contributed by atoms with E-state index in [-0.39, 0.29) is 10.8 Å². The topological polar surface area (TPSA) is 0 Å². The number of hydrogen-bond donors (Lipinski definition) is 0. The van der Waals surface area contributed by atoms with Gasteiger partial charge in [0.05, 0.1) is 0 Å². The second kappa shape index (κ2) is 13.3. The van der Waals surface area contributed by atoms with Gasteiger partial charge in [-0.25, -0.2) is 0 Å². The first-order chi connectivity index (χ1) is 22.6. The molecule has 0 radical (unpaired) electrons. The summed E-state index contributed by atoms with van der Waals surface area (Å²) in [6.07, 6.45) is 5.34. The Morgan fingerprint density at radius 2 is 0.854 bits per heavy atom. The molecular weight excluding hydrogens is 759 g/mol. The Hall–Kier alpha value is -2.55. The van der Waals surface area contributed by atoms with Gasteiger partial charge in [0, 0.05) is 0 Å². The summed E-state index contributed by atoms with van der Waals surface area (Å²) < 4.78 is 1.28. The van der Waals surface area contributed by atoms with Crippen LogP contribution in [0.5, 0.6) is 0 Å². The second-order valence-electron chi connectivity index (χ2n) is 17.3. The molecule has 0 fully saturated rings. The van der Waals surface area contributed by atoms with E-state index in [0.29, 0.717) is 19.2 Å². The molecule has 4 aromatic carbocycles. The molecule has 0 N–H and O–H groups in total. The average molecular weight is 817 g/mol. The molecular formula is C46H57HfSi. The van der Waals surface area contributed by atoms with Gasteiger partial charge in [-0.05, 0) is 0 Å². The molecule has 0 bridgehead atoms. The SMILES string of the molecule is CC(C)C1=Cc2c(-c3ccccc3C(C)(C)C)cccc2[CH]1[Hf]([CH]1C(C(C)C)=Cc2c(-c3ccccc3C(C)(C)C)cccc21)[SiH](C)C. The van der Waals surface area contributed by atoms with Crippen LogP contribution in [0.15, 0.2) is 96.1 Å². The summed E-state index contributed by atoms with van der Waals surface area (Å²) in [6.45, 7) is 29.4. The summed E-state index contributed by atoms with van der Waals surface area (Å²) >= 11 is -2.51. The molecule has 2 heteroatoms. The molecule has 0 saturated heterocycles. The van der Waals surface area contributed by atoms with Crippen molar-refractivity contribution >= 4 is 18.1 Å². The molecule has 0 amide bonds. The van der Waals surface area contributed by atoms with Crippen LogP contribution < -0.4 is 0 Å². The first kappa shape index (κ1) is 35.3. The van der Waals surface area contributed by atoms with Gasteiger partial charge < -0.3 is 0 Å². The van der Waals surface area contributed by atoms with Crippen LogP contribution in [0.25, 0.3) is 34.4 Å². The molecule has 0 spiro atoms. The number of rotatable bonds is 7. The van der Waals surface area contributed by atoms with Crippen molar-refractivity contribution in [3.63, 3.8) is 0 Å². The molecule has 2 aliphatic carbocycles. The third kappa shape index (κ3) is 6.30. The van der Waals surface area contributed by atoms with Gasteiger partial charge in [-0.1, -0.05) is 0 Å². The third-order valence-electron chi connectivity index (χ3n) is 10.9. The van der Waals surface area contributed by atoms with Crippen LogP contribution in [0.3, 0.4) is 0 Å². The molecule has 0 aromatic heterocycles. The molecule has 0 heterocycles. The maximum atomic E-state index is 2.71. The van der Waals surface area contributed by atoms with Crippen molar-refractivity contribution in [2.45, 2.75) is 101 Å². The Labute approximate surface area is 300 Å². The zero-order valence-electron chi connectivity index (χ0n) is 31.6. The van der Waals surface area contributed by atoms with Gasteiger partial charge in [-0.15, -0.1) is 0 Å². The van der Waals surface area contributed by atoms with E-state index in [2.05, 4.69) is 179 Å². The van der Waals surface area contributed by atoms with Crippen molar-refractivity contribution in [2.75, 3.05) is 0 Å². The Kier molecular flexibility index (Phi) is 9.77. The first-order valence-corrected chi connectivity index (χ1v) is 31.6. The van der Waals surface area contributed by atoms with Crippen molar-refractivity contribution in [3.8, 4) is 22.3 Å². The molecule has 249 valence electrons. The number of fused-ring (bicyclic) bond motifs is 2. The van der Waals surface area contributed by atoms with Gasteiger partial charge in [0.25, 0.3) is 0 Å². The molecule has 0 nitrogen and oxygen atoms in total. The Morgan fingerprint density at radius 3 is 1.19 bits per heavy atom. The van der Waals surface area contributed by atoms with E-state index in [0.717, 1.165) is 0 Å². The fourth-order valence-corrected chi connectivity index (χ4v) is 41.8. The Balaban J connectivity index is 1.56. The quantitative estimate of drug-likeness (QED) is 0.163. The zero-order valence-corrected chi connectivity index (χ0v) is 36.4. The van der Waals surface area contributed by atoms with Crippen LogP contribution in [0.2, 0.25) is 13.1 Å². The minimum absolute atomic E-state index is 0.0859. The monoisotopic (exact) mass is 817 g/mol. The van der Waals surface area contributed by atoms with Crippen LogP contribution in [-0.4, -0.2) is 5.98 Å². The Bertz CT molecular complexity index is 1750. The molecule has 0 aliphatic heterocycles. The normalized spacial score (nSPS) is 17.6. The van der Waals surface area contributed by atoms with E-state index in [1.54, 1.807) is 22.3 Å². The standard InChI is InChI=1S/2C22H25.C2H7Si.Hf/c2*1-15(2)17-13-16-9-8-11-18(20(16)14-17)19-10-6-7-12-21(19)22(3,4)5;1-3-2;/h2*6-15H,1-5H3;3H,1-2H3;. The van der Waals surface area contributed by atoms with E-state index in [1.165, 1.54) is 44.5 Å². The zero-order chi connectivity index (χ0) is 34.7. The van der Waals surface area contributed by atoms with E-state index < -0.39 is 26.6 Å². The second-order valence-corrected chi connectivity index (χ2v) is 45.3. The average Bonchev–Trinajstić information content (AvgIpc) is 3.60. The molecule has 48 heavy (non-hydrogen) atoms. The molecule has 2 aliphatic rings. The Morgan fingerprint density at radius 1 is 0.500 bits per heavy atom. The van der Waals surface area contributed by atoms with Gasteiger partial charge >= 0.3 is 303 Å². The summed E-state index contributed by atoms with van der Waals surface area (Å²) in [5, 5.41) is 0. The van der Waals surface area contributed by atoms with E-state index in [1.807, 2.05) is 0 Å². The molecule has 6 rings (SSSR count). The summed E-state index contributed by atoms with van der Waals surface area (Å²) in [6, 6.07) is 33.0. The predicted octanol–water partition coefficient (Wildman–Crippen LogP) is 13.1. The van der Waals surface area contributed by atoms with Crippen molar-refractivity contribution in [1.82, 2.24) is 0 Å². The summed E-state index contributed by atoms with van der Waals surface area (Å²) in [5.74, 6) is 0.0889. The van der Waals surface area contributed by atoms with Crippen LogP contribution in [0.4, 0.5) is 0 Å².